The largest absolute Gasteiger partial charge is 0.465 e. The smallest absolute Gasteiger partial charge is 0.318 e. The predicted molar refractivity (Wildman–Crippen MR) is 74.2 cm³/mol. The zero-order chi connectivity index (χ0) is 13.7. The number of carbonyl (C=O) groups is 1. The van der Waals surface area contributed by atoms with Crippen LogP contribution in [0.2, 0.25) is 0 Å². The lowest BCUT2D eigenvalue weighted by molar-refractivity contribution is -0.151. The molecule has 0 aromatic carbocycles. The number of nitrogens with zero attached hydrogens (tertiary/aromatic N) is 2. The van der Waals surface area contributed by atoms with Crippen LogP contribution in [0.1, 0.15) is 25.5 Å². The first-order valence-corrected chi connectivity index (χ1v) is 7.71. The van der Waals surface area contributed by atoms with Gasteiger partial charge >= 0.3 is 5.97 Å². The Labute approximate surface area is 117 Å². The van der Waals surface area contributed by atoms with Crippen molar-refractivity contribution in [2.24, 2.45) is 0 Å². The topological polar surface area (TPSA) is 64.1 Å². The van der Waals surface area contributed by atoms with Crippen LogP contribution >= 0.6 is 11.8 Å². The summed E-state index contributed by atoms with van der Waals surface area (Å²) in [5, 5.41) is 3.97. The summed E-state index contributed by atoms with van der Waals surface area (Å²) < 4.78 is 5.28. The van der Waals surface area contributed by atoms with Gasteiger partial charge in [-0.2, -0.15) is 0 Å². The number of piperidine rings is 1. The molecule has 0 bridgehead atoms. The van der Waals surface area contributed by atoms with Crippen LogP contribution in [0.5, 0.6) is 0 Å². The van der Waals surface area contributed by atoms with E-state index in [0.29, 0.717) is 11.8 Å². The Kier molecular flexibility index (Phi) is 4.76. The molecular formula is C13H19N3O2S. The molecule has 1 aliphatic rings. The summed E-state index contributed by atoms with van der Waals surface area (Å²) in [4.78, 5) is 21.1. The van der Waals surface area contributed by atoms with Crippen molar-refractivity contribution < 1.29 is 9.53 Å². The molecule has 2 heterocycles. The monoisotopic (exact) mass is 281 g/mol. The van der Waals surface area contributed by atoms with Gasteiger partial charge in [-0.1, -0.05) is 11.8 Å². The molecule has 1 saturated heterocycles. The third-order valence-electron chi connectivity index (χ3n) is 3.43. The second-order valence-corrected chi connectivity index (χ2v) is 5.25. The molecule has 2 rings (SSSR count). The molecular weight excluding hydrogens is 262 g/mol. The molecule has 19 heavy (non-hydrogen) atoms. The highest BCUT2D eigenvalue weighted by Crippen LogP contribution is 2.34. The van der Waals surface area contributed by atoms with E-state index in [0.717, 1.165) is 31.6 Å². The summed E-state index contributed by atoms with van der Waals surface area (Å²) in [6.45, 7) is 3.84. The van der Waals surface area contributed by atoms with E-state index in [-0.39, 0.29) is 5.97 Å². The highest BCUT2D eigenvalue weighted by molar-refractivity contribution is 7.98. The van der Waals surface area contributed by atoms with Gasteiger partial charge in [0, 0.05) is 6.20 Å². The summed E-state index contributed by atoms with van der Waals surface area (Å²) in [5.41, 5.74) is 0.168. The molecule has 0 spiro atoms. The van der Waals surface area contributed by atoms with Gasteiger partial charge in [0.1, 0.15) is 5.41 Å². The zero-order valence-electron chi connectivity index (χ0n) is 11.3. The number of thioether (sulfide) groups is 1. The summed E-state index contributed by atoms with van der Waals surface area (Å²) in [7, 11) is 0. The van der Waals surface area contributed by atoms with Gasteiger partial charge in [-0.05, 0) is 45.2 Å². The molecule has 1 aromatic heterocycles. The van der Waals surface area contributed by atoms with Crippen molar-refractivity contribution >= 4 is 17.7 Å². The number of rotatable bonds is 4. The molecule has 0 radical (unpaired) electrons. The minimum Gasteiger partial charge on any atom is -0.465 e. The van der Waals surface area contributed by atoms with Crippen molar-refractivity contribution in [3.63, 3.8) is 0 Å². The summed E-state index contributed by atoms with van der Waals surface area (Å²) >= 11 is 1.48. The Morgan fingerprint density at radius 1 is 1.53 bits per heavy atom. The lowest BCUT2D eigenvalue weighted by Gasteiger charge is -2.34. The minimum absolute atomic E-state index is 0.165. The van der Waals surface area contributed by atoms with Crippen molar-refractivity contribution in [3.05, 3.63) is 18.0 Å². The molecule has 0 saturated carbocycles. The lowest BCUT2D eigenvalue weighted by atomic mass is 9.76. The fourth-order valence-corrected chi connectivity index (χ4v) is 2.75. The molecule has 1 N–H and O–H groups in total. The van der Waals surface area contributed by atoms with Crippen LogP contribution in [0.15, 0.2) is 17.4 Å². The van der Waals surface area contributed by atoms with E-state index < -0.39 is 5.41 Å². The van der Waals surface area contributed by atoms with Crippen LogP contribution in [-0.4, -0.2) is 41.9 Å². The Bertz CT molecular complexity index is 447. The second-order valence-electron chi connectivity index (χ2n) is 4.48. The minimum atomic E-state index is -0.616. The summed E-state index contributed by atoms with van der Waals surface area (Å²) in [6, 6.07) is 1.84. The number of nitrogens with one attached hydrogen (secondary N) is 1. The van der Waals surface area contributed by atoms with E-state index in [1.807, 2.05) is 19.2 Å². The van der Waals surface area contributed by atoms with Crippen LogP contribution < -0.4 is 5.32 Å². The van der Waals surface area contributed by atoms with E-state index >= 15 is 0 Å². The van der Waals surface area contributed by atoms with E-state index in [4.69, 9.17) is 4.74 Å². The fourth-order valence-electron chi connectivity index (χ4n) is 2.39. The van der Waals surface area contributed by atoms with Crippen LogP contribution in [0.25, 0.3) is 0 Å². The first-order chi connectivity index (χ1) is 9.23. The third kappa shape index (κ3) is 2.90. The number of aromatic nitrogens is 2. The van der Waals surface area contributed by atoms with E-state index in [1.54, 1.807) is 6.20 Å². The van der Waals surface area contributed by atoms with Crippen LogP contribution in [-0.2, 0) is 14.9 Å². The molecule has 6 heteroatoms. The van der Waals surface area contributed by atoms with E-state index in [2.05, 4.69) is 15.3 Å². The third-order valence-corrected chi connectivity index (χ3v) is 3.99. The lowest BCUT2D eigenvalue weighted by Crippen LogP contribution is -2.47. The van der Waals surface area contributed by atoms with Gasteiger partial charge in [0.25, 0.3) is 0 Å². The van der Waals surface area contributed by atoms with Gasteiger partial charge in [0.05, 0.1) is 12.3 Å². The maximum absolute atomic E-state index is 12.4. The first kappa shape index (κ1) is 14.3. The molecule has 104 valence electrons. The van der Waals surface area contributed by atoms with E-state index in [1.165, 1.54) is 11.8 Å². The van der Waals surface area contributed by atoms with Crippen molar-refractivity contribution in [1.29, 1.82) is 0 Å². The SMILES string of the molecule is CCOC(=O)C1(c2ccnc(SC)n2)CCNCC1. The van der Waals surface area contributed by atoms with Gasteiger partial charge in [-0.25, -0.2) is 9.97 Å². The Hall–Kier alpha value is -1.14. The van der Waals surface area contributed by atoms with Crippen molar-refractivity contribution in [2.45, 2.75) is 30.3 Å². The molecule has 5 nitrogen and oxygen atoms in total. The highest BCUT2D eigenvalue weighted by atomic mass is 32.2. The predicted octanol–water partition coefficient (Wildman–Crippen LogP) is 1.38. The van der Waals surface area contributed by atoms with Crippen LogP contribution in [0.4, 0.5) is 0 Å². The number of ether oxygens (including phenoxy) is 1. The zero-order valence-corrected chi connectivity index (χ0v) is 12.1. The molecule has 0 aliphatic carbocycles. The van der Waals surface area contributed by atoms with Crippen molar-refractivity contribution in [2.75, 3.05) is 26.0 Å². The highest BCUT2D eigenvalue weighted by Gasteiger charge is 2.44. The second kappa shape index (κ2) is 6.34. The molecule has 0 unspecified atom stereocenters. The Morgan fingerprint density at radius 2 is 2.26 bits per heavy atom. The number of carbonyl (C=O) groups excluding carboxylic acids is 1. The van der Waals surface area contributed by atoms with Gasteiger partial charge in [-0.3, -0.25) is 4.79 Å². The van der Waals surface area contributed by atoms with Gasteiger partial charge < -0.3 is 10.1 Å². The molecule has 1 aliphatic heterocycles. The fraction of sp³-hybridized carbons (Fsp3) is 0.615. The Balaban J connectivity index is 2.38. The quantitative estimate of drug-likeness (QED) is 0.511. The number of hydrogen-bond donors (Lipinski definition) is 1. The standard InChI is InChI=1S/C13H19N3O2S/c1-3-18-11(17)13(5-8-14-9-6-13)10-4-7-15-12(16-10)19-2/h4,7,14H,3,5-6,8-9H2,1-2H3. The molecule has 0 amide bonds. The van der Waals surface area contributed by atoms with Crippen LogP contribution in [0, 0.1) is 0 Å². The maximum Gasteiger partial charge on any atom is 0.318 e. The number of hydrogen-bond acceptors (Lipinski definition) is 6. The van der Waals surface area contributed by atoms with Crippen molar-refractivity contribution in [3.8, 4) is 0 Å². The molecule has 0 atom stereocenters. The van der Waals surface area contributed by atoms with Crippen LogP contribution in [0.3, 0.4) is 0 Å². The van der Waals surface area contributed by atoms with Gasteiger partial charge in [0.15, 0.2) is 5.16 Å². The maximum atomic E-state index is 12.4. The average Bonchev–Trinajstić information content (AvgIpc) is 2.48. The summed E-state index contributed by atoms with van der Waals surface area (Å²) in [5.74, 6) is -0.165. The average molecular weight is 281 g/mol. The molecule has 1 aromatic rings. The normalized spacial score (nSPS) is 18.0. The molecule has 1 fully saturated rings. The summed E-state index contributed by atoms with van der Waals surface area (Å²) in [6.07, 6.45) is 5.09. The van der Waals surface area contributed by atoms with Crippen molar-refractivity contribution in [1.82, 2.24) is 15.3 Å². The van der Waals surface area contributed by atoms with E-state index in [9.17, 15) is 4.79 Å². The Morgan fingerprint density at radius 3 is 2.89 bits per heavy atom. The van der Waals surface area contributed by atoms with Gasteiger partial charge in [0.2, 0.25) is 0 Å². The number of esters is 1. The first-order valence-electron chi connectivity index (χ1n) is 6.48. The van der Waals surface area contributed by atoms with Gasteiger partial charge in [-0.15, -0.1) is 0 Å².